The Morgan fingerprint density at radius 1 is 1.00 bits per heavy atom. The summed E-state index contributed by atoms with van der Waals surface area (Å²) in [4.78, 5) is 31.9. The Balaban J connectivity index is 1.79. The van der Waals surface area contributed by atoms with E-state index in [9.17, 15) is 9.59 Å². The molecule has 1 unspecified atom stereocenters. The van der Waals surface area contributed by atoms with Crippen LogP contribution in [-0.4, -0.2) is 28.0 Å². The minimum atomic E-state index is -0.270. The van der Waals surface area contributed by atoms with Crippen molar-refractivity contribution in [2.75, 3.05) is 0 Å². The molecule has 0 N–H and O–H groups in total. The van der Waals surface area contributed by atoms with Crippen LogP contribution < -0.4 is 4.74 Å². The highest BCUT2D eigenvalue weighted by atomic mass is 16.5. The summed E-state index contributed by atoms with van der Waals surface area (Å²) in [6.45, 7) is 5.84. The molecule has 1 aromatic heterocycles. The van der Waals surface area contributed by atoms with Crippen LogP contribution in [0.5, 0.6) is 5.75 Å². The summed E-state index contributed by atoms with van der Waals surface area (Å²) in [7, 11) is 0. The van der Waals surface area contributed by atoms with Crippen molar-refractivity contribution in [2.45, 2.75) is 78.2 Å². The first-order valence-electron chi connectivity index (χ1n) is 11.5. The van der Waals surface area contributed by atoms with Crippen molar-refractivity contribution < 1.29 is 19.1 Å². The summed E-state index contributed by atoms with van der Waals surface area (Å²) < 4.78 is 10.6. The summed E-state index contributed by atoms with van der Waals surface area (Å²) in [5.74, 6) is 0.488. The number of esters is 2. The van der Waals surface area contributed by atoms with Gasteiger partial charge < -0.3 is 9.47 Å². The SMILES string of the molecule is CCCC=CCCCC(=O)Oc1cnc(-c2ccc(CCC(C)OC(=O)CC)cc2)nc1. The van der Waals surface area contributed by atoms with Crippen molar-refractivity contribution in [1.29, 1.82) is 0 Å². The Morgan fingerprint density at radius 2 is 1.69 bits per heavy atom. The molecule has 0 spiro atoms. The number of carbonyl (C=O) groups excluding carboxylic acids is 2. The fourth-order valence-corrected chi connectivity index (χ4v) is 3.02. The van der Waals surface area contributed by atoms with Crippen LogP contribution >= 0.6 is 0 Å². The monoisotopic (exact) mass is 438 g/mol. The van der Waals surface area contributed by atoms with Gasteiger partial charge in [0.25, 0.3) is 0 Å². The van der Waals surface area contributed by atoms with Gasteiger partial charge in [-0.05, 0) is 44.6 Å². The normalized spacial score (nSPS) is 12.0. The van der Waals surface area contributed by atoms with Gasteiger partial charge in [-0.25, -0.2) is 9.97 Å². The Labute approximate surface area is 191 Å². The summed E-state index contributed by atoms with van der Waals surface area (Å²) in [6.07, 6.45) is 13.4. The van der Waals surface area contributed by atoms with Gasteiger partial charge in [-0.1, -0.05) is 56.7 Å². The number of aromatic nitrogens is 2. The van der Waals surface area contributed by atoms with Crippen molar-refractivity contribution in [1.82, 2.24) is 9.97 Å². The Bertz CT molecular complexity index is 860. The fourth-order valence-electron chi connectivity index (χ4n) is 3.02. The molecule has 32 heavy (non-hydrogen) atoms. The van der Waals surface area contributed by atoms with Crippen molar-refractivity contribution in [2.24, 2.45) is 0 Å². The lowest BCUT2D eigenvalue weighted by Gasteiger charge is -2.12. The van der Waals surface area contributed by atoms with E-state index in [1.807, 2.05) is 31.2 Å². The van der Waals surface area contributed by atoms with E-state index in [2.05, 4.69) is 29.0 Å². The second-order valence-corrected chi connectivity index (χ2v) is 7.76. The zero-order valence-electron chi connectivity index (χ0n) is 19.4. The number of allylic oxidation sites excluding steroid dienone is 2. The van der Waals surface area contributed by atoms with Gasteiger partial charge in [-0.15, -0.1) is 0 Å². The van der Waals surface area contributed by atoms with Crippen LogP contribution in [0.25, 0.3) is 11.4 Å². The number of hydrogen-bond acceptors (Lipinski definition) is 6. The topological polar surface area (TPSA) is 78.4 Å². The third-order valence-electron chi connectivity index (χ3n) is 4.91. The van der Waals surface area contributed by atoms with Crippen molar-refractivity contribution in [3.63, 3.8) is 0 Å². The molecule has 6 heteroatoms. The van der Waals surface area contributed by atoms with Crippen LogP contribution in [-0.2, 0) is 20.7 Å². The van der Waals surface area contributed by atoms with Gasteiger partial charge in [-0.2, -0.15) is 0 Å². The number of aryl methyl sites for hydroxylation is 1. The number of unbranched alkanes of at least 4 members (excludes halogenated alkanes) is 2. The maximum absolute atomic E-state index is 11.9. The van der Waals surface area contributed by atoms with E-state index in [-0.39, 0.29) is 18.0 Å². The predicted octanol–water partition coefficient (Wildman–Crippen LogP) is 5.85. The average molecular weight is 439 g/mol. The quantitative estimate of drug-likeness (QED) is 0.222. The van der Waals surface area contributed by atoms with Gasteiger partial charge in [0.05, 0.1) is 18.5 Å². The molecule has 0 aliphatic carbocycles. The minimum absolute atomic E-state index is 0.0989. The first kappa shape index (κ1) is 25.2. The molecule has 0 aliphatic rings. The van der Waals surface area contributed by atoms with Gasteiger partial charge in [0, 0.05) is 18.4 Å². The lowest BCUT2D eigenvalue weighted by molar-refractivity contribution is -0.148. The zero-order valence-corrected chi connectivity index (χ0v) is 19.4. The van der Waals surface area contributed by atoms with E-state index in [1.54, 1.807) is 6.92 Å². The average Bonchev–Trinajstić information content (AvgIpc) is 2.81. The van der Waals surface area contributed by atoms with Gasteiger partial charge in [0.2, 0.25) is 0 Å². The van der Waals surface area contributed by atoms with Crippen LogP contribution in [0.3, 0.4) is 0 Å². The molecule has 0 fully saturated rings. The highest BCUT2D eigenvalue weighted by molar-refractivity contribution is 5.72. The number of rotatable bonds is 13. The maximum atomic E-state index is 11.9. The third-order valence-corrected chi connectivity index (χ3v) is 4.91. The highest BCUT2D eigenvalue weighted by Crippen LogP contribution is 2.19. The van der Waals surface area contributed by atoms with Crippen LogP contribution in [0.1, 0.15) is 71.3 Å². The summed E-state index contributed by atoms with van der Waals surface area (Å²) in [6, 6.07) is 7.97. The lowest BCUT2D eigenvalue weighted by Crippen LogP contribution is -2.14. The van der Waals surface area contributed by atoms with Gasteiger partial charge >= 0.3 is 11.9 Å². The molecule has 1 atom stereocenters. The Kier molecular flexibility index (Phi) is 11.1. The molecule has 2 aromatic rings. The smallest absolute Gasteiger partial charge is 0.311 e. The third kappa shape index (κ3) is 9.41. The van der Waals surface area contributed by atoms with Gasteiger partial charge in [0.1, 0.15) is 0 Å². The molecule has 172 valence electrons. The molecular weight excluding hydrogens is 404 g/mol. The number of hydrogen-bond donors (Lipinski definition) is 0. The Morgan fingerprint density at radius 3 is 2.34 bits per heavy atom. The van der Waals surface area contributed by atoms with Crippen LogP contribution in [0.2, 0.25) is 0 Å². The molecular formula is C26H34N2O4. The number of benzene rings is 1. The molecule has 0 aliphatic heterocycles. The molecule has 0 radical (unpaired) electrons. The standard InChI is InChI=1S/C26H34N2O4/c1-4-6-7-8-9-10-11-25(30)32-23-18-27-26(28-19-23)22-16-14-21(15-17-22)13-12-20(3)31-24(29)5-2/h7-8,14-20H,4-6,9-13H2,1-3H3. The maximum Gasteiger partial charge on any atom is 0.311 e. The summed E-state index contributed by atoms with van der Waals surface area (Å²) >= 11 is 0. The van der Waals surface area contributed by atoms with E-state index in [1.165, 1.54) is 12.4 Å². The lowest BCUT2D eigenvalue weighted by atomic mass is 10.1. The first-order chi connectivity index (χ1) is 15.5. The van der Waals surface area contributed by atoms with E-state index < -0.39 is 0 Å². The van der Waals surface area contributed by atoms with Crippen molar-refractivity contribution >= 4 is 11.9 Å². The summed E-state index contributed by atoms with van der Waals surface area (Å²) in [5.41, 5.74) is 2.04. The molecule has 0 saturated heterocycles. The van der Waals surface area contributed by atoms with Crippen LogP contribution in [0.4, 0.5) is 0 Å². The fraction of sp³-hybridized carbons (Fsp3) is 0.462. The zero-order chi connectivity index (χ0) is 23.2. The minimum Gasteiger partial charge on any atom is -0.463 e. The number of nitrogens with zero attached hydrogens (tertiary/aromatic N) is 2. The Hall–Kier alpha value is -3.02. The first-order valence-corrected chi connectivity index (χ1v) is 11.5. The highest BCUT2D eigenvalue weighted by Gasteiger charge is 2.09. The second-order valence-electron chi connectivity index (χ2n) is 7.76. The number of ether oxygens (including phenoxy) is 2. The largest absolute Gasteiger partial charge is 0.463 e. The molecule has 0 amide bonds. The van der Waals surface area contributed by atoms with Crippen molar-refractivity contribution in [3.05, 3.63) is 54.4 Å². The molecule has 1 heterocycles. The predicted molar refractivity (Wildman–Crippen MR) is 125 cm³/mol. The van der Waals surface area contributed by atoms with E-state index in [4.69, 9.17) is 9.47 Å². The second kappa shape index (κ2) is 14.1. The molecule has 2 rings (SSSR count). The van der Waals surface area contributed by atoms with Gasteiger partial charge in [-0.3, -0.25) is 9.59 Å². The summed E-state index contributed by atoms with van der Waals surface area (Å²) in [5, 5.41) is 0. The number of carbonyl (C=O) groups is 2. The molecule has 0 saturated carbocycles. The van der Waals surface area contributed by atoms with Crippen molar-refractivity contribution in [3.8, 4) is 17.1 Å². The van der Waals surface area contributed by atoms with Crippen LogP contribution in [0.15, 0.2) is 48.8 Å². The van der Waals surface area contributed by atoms with E-state index in [0.717, 1.165) is 49.7 Å². The van der Waals surface area contributed by atoms with Crippen LogP contribution in [0, 0.1) is 0 Å². The van der Waals surface area contributed by atoms with E-state index in [0.29, 0.717) is 24.4 Å². The van der Waals surface area contributed by atoms with Gasteiger partial charge in [0.15, 0.2) is 11.6 Å². The molecule has 0 bridgehead atoms. The molecule has 1 aromatic carbocycles. The molecule has 6 nitrogen and oxygen atoms in total. The van der Waals surface area contributed by atoms with E-state index >= 15 is 0 Å².